The summed E-state index contributed by atoms with van der Waals surface area (Å²) in [7, 11) is -3.68. The normalized spacial score (nSPS) is 17.2. The van der Waals surface area contributed by atoms with E-state index in [-0.39, 0.29) is 30.5 Å². The molecule has 1 heterocycles. The lowest BCUT2D eigenvalue weighted by atomic mass is 10.1. The summed E-state index contributed by atoms with van der Waals surface area (Å²) in [6, 6.07) is 10.2. The highest BCUT2D eigenvalue weighted by Gasteiger charge is 2.26. The molecule has 0 aromatic heterocycles. The fourth-order valence-corrected chi connectivity index (χ4v) is 4.95. The molecule has 1 aliphatic carbocycles. The molecular weight excluding hydrogens is 449 g/mol. The van der Waals surface area contributed by atoms with Crippen LogP contribution in [0.5, 0.6) is 5.75 Å². The van der Waals surface area contributed by atoms with Gasteiger partial charge in [-0.2, -0.15) is 0 Å². The molecule has 2 aromatic rings. The summed E-state index contributed by atoms with van der Waals surface area (Å²) in [5.74, 6) is -0.428. The van der Waals surface area contributed by atoms with Crippen LogP contribution in [0, 0.1) is 11.7 Å². The second-order valence-corrected chi connectivity index (χ2v) is 10.3. The zero-order valence-electron chi connectivity index (χ0n) is 18.2. The zero-order chi connectivity index (χ0) is 23.6. The minimum absolute atomic E-state index is 0.00743. The number of urea groups is 1. The Hall–Kier alpha value is -2.98. The van der Waals surface area contributed by atoms with E-state index in [9.17, 15) is 22.4 Å². The van der Waals surface area contributed by atoms with E-state index in [0.29, 0.717) is 23.7 Å². The SMILES string of the molecule is CC(NS(=O)(=O)Cc1ccc(CN2CC(=O)NC2=O)cc1)c1ccc(F)c(OCC2CC2)c1. The summed E-state index contributed by atoms with van der Waals surface area (Å²) in [4.78, 5) is 24.3. The van der Waals surface area contributed by atoms with Gasteiger partial charge in [0.1, 0.15) is 6.54 Å². The van der Waals surface area contributed by atoms with Crippen LogP contribution in [0.4, 0.5) is 9.18 Å². The number of benzene rings is 2. The molecule has 2 fully saturated rings. The van der Waals surface area contributed by atoms with Gasteiger partial charge in [0.05, 0.1) is 12.4 Å². The van der Waals surface area contributed by atoms with E-state index in [4.69, 9.17) is 4.74 Å². The number of imide groups is 1. The number of amides is 3. The van der Waals surface area contributed by atoms with Crippen molar-refractivity contribution in [1.82, 2.24) is 14.9 Å². The fraction of sp³-hybridized carbons (Fsp3) is 0.391. The first kappa shape index (κ1) is 23.2. The molecule has 1 aliphatic heterocycles. The Bertz CT molecular complexity index is 1150. The van der Waals surface area contributed by atoms with Crippen molar-refractivity contribution in [3.8, 4) is 5.75 Å². The van der Waals surface area contributed by atoms with Gasteiger partial charge in [-0.1, -0.05) is 30.3 Å². The van der Waals surface area contributed by atoms with Crippen molar-refractivity contribution in [2.24, 2.45) is 5.92 Å². The van der Waals surface area contributed by atoms with E-state index in [1.54, 1.807) is 43.3 Å². The van der Waals surface area contributed by atoms with Gasteiger partial charge in [-0.3, -0.25) is 10.1 Å². The average Bonchev–Trinajstić information content (AvgIpc) is 3.52. The Balaban J connectivity index is 1.35. The largest absolute Gasteiger partial charge is 0.490 e. The average molecular weight is 476 g/mol. The number of rotatable bonds is 10. The summed E-state index contributed by atoms with van der Waals surface area (Å²) < 4.78 is 47.6. The van der Waals surface area contributed by atoms with Crippen LogP contribution in [-0.4, -0.2) is 38.4 Å². The first-order valence-corrected chi connectivity index (χ1v) is 12.4. The molecule has 0 bridgehead atoms. The maximum Gasteiger partial charge on any atom is 0.324 e. The van der Waals surface area contributed by atoms with Gasteiger partial charge in [0.15, 0.2) is 11.6 Å². The van der Waals surface area contributed by atoms with E-state index in [2.05, 4.69) is 10.0 Å². The molecule has 176 valence electrons. The zero-order valence-corrected chi connectivity index (χ0v) is 19.0. The van der Waals surface area contributed by atoms with Gasteiger partial charge >= 0.3 is 6.03 Å². The van der Waals surface area contributed by atoms with E-state index in [1.165, 1.54) is 11.0 Å². The van der Waals surface area contributed by atoms with E-state index in [0.717, 1.165) is 18.4 Å². The number of ether oxygens (including phenoxy) is 1. The number of carbonyl (C=O) groups is 2. The van der Waals surface area contributed by atoms with Gasteiger partial charge in [0.2, 0.25) is 15.9 Å². The third-order valence-electron chi connectivity index (χ3n) is 5.60. The van der Waals surface area contributed by atoms with Crippen LogP contribution >= 0.6 is 0 Å². The summed E-state index contributed by atoms with van der Waals surface area (Å²) in [6.07, 6.45) is 2.18. The lowest BCUT2D eigenvalue weighted by Gasteiger charge is -2.17. The van der Waals surface area contributed by atoms with Crippen molar-refractivity contribution >= 4 is 22.0 Å². The number of halogens is 1. The topological polar surface area (TPSA) is 105 Å². The molecule has 1 unspecified atom stereocenters. The lowest BCUT2D eigenvalue weighted by molar-refractivity contribution is -0.118. The number of hydrogen-bond donors (Lipinski definition) is 2. The van der Waals surface area contributed by atoms with Gasteiger partial charge in [-0.05, 0) is 54.5 Å². The third-order valence-corrected chi connectivity index (χ3v) is 7.03. The summed E-state index contributed by atoms with van der Waals surface area (Å²) in [5.41, 5.74) is 1.97. The van der Waals surface area contributed by atoms with Gasteiger partial charge in [-0.25, -0.2) is 22.3 Å². The first-order chi connectivity index (χ1) is 15.7. The predicted molar refractivity (Wildman–Crippen MR) is 119 cm³/mol. The first-order valence-electron chi connectivity index (χ1n) is 10.8. The van der Waals surface area contributed by atoms with Crippen molar-refractivity contribution in [2.45, 2.75) is 38.1 Å². The summed E-state index contributed by atoms with van der Waals surface area (Å²) >= 11 is 0. The minimum atomic E-state index is -3.68. The van der Waals surface area contributed by atoms with Crippen molar-refractivity contribution < 1.29 is 27.1 Å². The molecule has 1 atom stereocenters. The van der Waals surface area contributed by atoms with Crippen LogP contribution < -0.4 is 14.8 Å². The Morgan fingerprint density at radius 3 is 2.48 bits per heavy atom. The van der Waals surface area contributed by atoms with E-state index in [1.807, 2.05) is 0 Å². The van der Waals surface area contributed by atoms with Crippen molar-refractivity contribution in [3.63, 3.8) is 0 Å². The molecular formula is C23H26FN3O5S. The van der Waals surface area contributed by atoms with Crippen molar-refractivity contribution in [2.75, 3.05) is 13.2 Å². The Morgan fingerprint density at radius 2 is 1.85 bits per heavy atom. The maximum absolute atomic E-state index is 14.0. The number of sulfonamides is 1. The van der Waals surface area contributed by atoms with E-state index >= 15 is 0 Å². The Kier molecular flexibility index (Phi) is 6.66. The fourth-order valence-electron chi connectivity index (χ4n) is 3.56. The van der Waals surface area contributed by atoms with Crippen LogP contribution in [0.1, 0.15) is 42.5 Å². The molecule has 1 saturated heterocycles. The molecule has 2 aliphatic rings. The molecule has 33 heavy (non-hydrogen) atoms. The van der Waals surface area contributed by atoms with Gasteiger partial charge in [-0.15, -0.1) is 0 Å². The van der Waals surface area contributed by atoms with Crippen molar-refractivity contribution in [3.05, 3.63) is 65.0 Å². The molecule has 10 heteroatoms. The summed E-state index contributed by atoms with van der Waals surface area (Å²) in [6.45, 7) is 2.43. The van der Waals surface area contributed by atoms with Crippen LogP contribution in [0.2, 0.25) is 0 Å². The quantitative estimate of drug-likeness (QED) is 0.514. The van der Waals surface area contributed by atoms with Gasteiger partial charge < -0.3 is 9.64 Å². The number of nitrogens with one attached hydrogen (secondary N) is 2. The second-order valence-electron chi connectivity index (χ2n) is 8.57. The third kappa shape index (κ3) is 6.29. The molecule has 4 rings (SSSR count). The molecule has 0 radical (unpaired) electrons. The maximum atomic E-state index is 14.0. The van der Waals surface area contributed by atoms with Gasteiger partial charge in [0.25, 0.3) is 0 Å². The van der Waals surface area contributed by atoms with Gasteiger partial charge in [0, 0.05) is 12.6 Å². The Morgan fingerprint density at radius 1 is 1.15 bits per heavy atom. The molecule has 1 saturated carbocycles. The molecule has 2 N–H and O–H groups in total. The highest BCUT2D eigenvalue weighted by Crippen LogP contribution is 2.31. The number of carbonyl (C=O) groups excluding carboxylic acids is 2. The van der Waals surface area contributed by atoms with Crippen LogP contribution in [0.15, 0.2) is 42.5 Å². The monoisotopic (exact) mass is 475 g/mol. The molecule has 0 spiro atoms. The van der Waals surface area contributed by atoms with Crippen molar-refractivity contribution in [1.29, 1.82) is 0 Å². The highest BCUT2D eigenvalue weighted by atomic mass is 32.2. The molecule has 3 amide bonds. The van der Waals surface area contributed by atoms with Crippen LogP contribution in [-0.2, 0) is 27.1 Å². The van der Waals surface area contributed by atoms with E-state index < -0.39 is 27.9 Å². The second kappa shape index (κ2) is 9.48. The highest BCUT2D eigenvalue weighted by molar-refractivity contribution is 7.88. The number of hydrogen-bond acceptors (Lipinski definition) is 5. The number of nitrogens with zero attached hydrogens (tertiary/aromatic N) is 1. The molecule has 8 nitrogen and oxygen atoms in total. The van der Waals surface area contributed by atoms with Crippen LogP contribution in [0.25, 0.3) is 0 Å². The van der Waals surface area contributed by atoms with Crippen LogP contribution in [0.3, 0.4) is 0 Å². The summed E-state index contributed by atoms with van der Waals surface area (Å²) in [5, 5.41) is 2.21. The lowest BCUT2D eigenvalue weighted by Crippen LogP contribution is -2.28. The Labute approximate surface area is 192 Å². The molecule has 2 aromatic carbocycles. The smallest absolute Gasteiger partial charge is 0.324 e. The predicted octanol–water partition coefficient (Wildman–Crippen LogP) is 2.85. The minimum Gasteiger partial charge on any atom is -0.490 e. The standard InChI is InChI=1S/C23H26FN3O5S/c1-15(19-8-9-20(24)21(10-19)32-13-17-4-5-17)26-33(30,31)14-18-6-2-16(3-7-18)11-27-12-22(28)25-23(27)29/h2-3,6-10,15,17,26H,4-5,11-14H2,1H3,(H,25,28,29).